The smallest absolute Gasteiger partial charge is 0.372 e. The van der Waals surface area contributed by atoms with Crippen molar-refractivity contribution in [3.05, 3.63) is 23.7 Å². The average Bonchev–Trinajstić information content (AvgIpc) is 2.66. The van der Waals surface area contributed by atoms with Crippen LogP contribution in [0.5, 0.6) is 0 Å². The molecule has 0 aliphatic carbocycles. The molecule has 84 valence electrons. The highest BCUT2D eigenvalue weighted by Crippen LogP contribution is 2.09. The Morgan fingerprint density at radius 3 is 3.13 bits per heavy atom. The predicted molar refractivity (Wildman–Crippen MR) is 53.9 cm³/mol. The minimum absolute atomic E-state index is 0.00101. The maximum Gasteiger partial charge on any atom is 0.372 e. The van der Waals surface area contributed by atoms with Crippen LogP contribution >= 0.6 is 0 Å². The summed E-state index contributed by atoms with van der Waals surface area (Å²) in [5, 5.41) is 11.8. The van der Waals surface area contributed by atoms with Crippen molar-refractivity contribution in [3.63, 3.8) is 0 Å². The van der Waals surface area contributed by atoms with Gasteiger partial charge in [0.05, 0.1) is 12.9 Å². The normalized spacial score (nSPS) is 10.5. The first-order valence-electron chi connectivity index (χ1n) is 4.83. The number of carbonyl (C=O) groups is 1. The van der Waals surface area contributed by atoms with Gasteiger partial charge < -0.3 is 19.6 Å². The summed E-state index contributed by atoms with van der Waals surface area (Å²) in [4.78, 5) is 10.7. The van der Waals surface area contributed by atoms with Gasteiger partial charge >= 0.3 is 5.97 Å². The Morgan fingerprint density at radius 2 is 2.47 bits per heavy atom. The molecular weight excluding hydrogens is 198 g/mol. The Kier molecular flexibility index (Phi) is 4.86. The summed E-state index contributed by atoms with van der Waals surface area (Å²) in [7, 11) is 0. The molecule has 0 spiro atoms. The molecule has 15 heavy (non-hydrogen) atoms. The molecule has 0 aromatic carbocycles. The molecule has 0 radical (unpaired) electrons. The number of carboxylic acid groups (broad SMARTS) is 1. The maximum absolute atomic E-state index is 10.7. The van der Waals surface area contributed by atoms with Crippen LogP contribution in [-0.4, -0.2) is 30.8 Å². The first-order chi connectivity index (χ1) is 7.25. The minimum atomic E-state index is -1.04. The molecule has 0 saturated heterocycles. The number of carboxylic acids is 1. The summed E-state index contributed by atoms with van der Waals surface area (Å²) in [5.74, 6) is -1.04. The van der Waals surface area contributed by atoms with E-state index in [2.05, 4.69) is 5.32 Å². The van der Waals surface area contributed by atoms with Crippen LogP contribution in [0.1, 0.15) is 23.0 Å². The number of hydrogen-bond acceptors (Lipinski definition) is 4. The third-order valence-electron chi connectivity index (χ3n) is 1.88. The summed E-state index contributed by atoms with van der Waals surface area (Å²) < 4.78 is 9.96. The van der Waals surface area contributed by atoms with E-state index in [0.717, 1.165) is 0 Å². The van der Waals surface area contributed by atoms with E-state index in [1.54, 1.807) is 6.07 Å². The third-order valence-corrected chi connectivity index (χ3v) is 1.88. The van der Waals surface area contributed by atoms with Gasteiger partial charge in [0.2, 0.25) is 5.76 Å². The first-order valence-corrected chi connectivity index (χ1v) is 4.83. The number of ether oxygens (including phenoxy) is 1. The van der Waals surface area contributed by atoms with Crippen molar-refractivity contribution in [2.75, 3.05) is 19.8 Å². The van der Waals surface area contributed by atoms with Crippen LogP contribution in [0.15, 0.2) is 16.7 Å². The Morgan fingerprint density at radius 1 is 1.67 bits per heavy atom. The van der Waals surface area contributed by atoms with Gasteiger partial charge in [-0.05, 0) is 13.0 Å². The lowest BCUT2D eigenvalue weighted by Gasteiger charge is -2.03. The molecule has 0 aliphatic rings. The molecule has 0 saturated carbocycles. The highest BCUT2D eigenvalue weighted by Gasteiger charge is 2.12. The molecule has 0 bridgehead atoms. The zero-order chi connectivity index (χ0) is 11.1. The fourth-order valence-corrected chi connectivity index (χ4v) is 1.17. The zero-order valence-electron chi connectivity index (χ0n) is 8.66. The molecule has 1 aromatic rings. The largest absolute Gasteiger partial charge is 0.475 e. The molecule has 2 N–H and O–H groups in total. The Labute approximate surface area is 88.0 Å². The first kappa shape index (κ1) is 11.7. The molecule has 1 aromatic heterocycles. The summed E-state index contributed by atoms with van der Waals surface area (Å²) >= 11 is 0. The SMILES string of the molecule is CCOCCNCc1ccoc1C(=O)O. The molecular formula is C10H15NO4. The number of furan rings is 1. The van der Waals surface area contributed by atoms with Gasteiger partial charge in [0.15, 0.2) is 0 Å². The quantitative estimate of drug-likeness (QED) is 0.664. The lowest BCUT2D eigenvalue weighted by molar-refractivity contribution is 0.0660. The molecule has 5 nitrogen and oxygen atoms in total. The Hall–Kier alpha value is -1.33. The topological polar surface area (TPSA) is 71.7 Å². The number of rotatable bonds is 7. The van der Waals surface area contributed by atoms with E-state index in [4.69, 9.17) is 14.3 Å². The van der Waals surface area contributed by atoms with Gasteiger partial charge in [-0.2, -0.15) is 0 Å². The van der Waals surface area contributed by atoms with Crippen LogP contribution < -0.4 is 5.32 Å². The molecule has 0 unspecified atom stereocenters. The van der Waals surface area contributed by atoms with Crippen LogP contribution in [-0.2, 0) is 11.3 Å². The van der Waals surface area contributed by atoms with E-state index in [1.807, 2.05) is 6.92 Å². The average molecular weight is 213 g/mol. The van der Waals surface area contributed by atoms with Gasteiger partial charge in [-0.1, -0.05) is 0 Å². The van der Waals surface area contributed by atoms with E-state index in [0.29, 0.717) is 31.9 Å². The van der Waals surface area contributed by atoms with Crippen molar-refractivity contribution in [2.24, 2.45) is 0 Å². The van der Waals surface area contributed by atoms with Crippen molar-refractivity contribution in [3.8, 4) is 0 Å². The molecule has 1 rings (SSSR count). The zero-order valence-corrected chi connectivity index (χ0v) is 8.66. The van der Waals surface area contributed by atoms with Crippen molar-refractivity contribution < 1.29 is 19.1 Å². The monoisotopic (exact) mass is 213 g/mol. The van der Waals surface area contributed by atoms with Gasteiger partial charge in [0, 0.05) is 25.3 Å². The molecule has 1 heterocycles. The summed E-state index contributed by atoms with van der Waals surface area (Å²) in [6.07, 6.45) is 1.38. The Balaban J connectivity index is 2.31. The van der Waals surface area contributed by atoms with Gasteiger partial charge in [0.25, 0.3) is 0 Å². The van der Waals surface area contributed by atoms with E-state index in [1.165, 1.54) is 6.26 Å². The minimum Gasteiger partial charge on any atom is -0.475 e. The van der Waals surface area contributed by atoms with Crippen LogP contribution in [0.4, 0.5) is 0 Å². The second kappa shape index (κ2) is 6.21. The second-order valence-corrected chi connectivity index (χ2v) is 2.95. The summed E-state index contributed by atoms with van der Waals surface area (Å²) in [5.41, 5.74) is 0.652. The van der Waals surface area contributed by atoms with Gasteiger partial charge in [-0.25, -0.2) is 4.79 Å². The molecule has 0 amide bonds. The fourth-order valence-electron chi connectivity index (χ4n) is 1.17. The van der Waals surface area contributed by atoms with E-state index in [-0.39, 0.29) is 5.76 Å². The molecule has 0 aliphatic heterocycles. The predicted octanol–water partition coefficient (Wildman–Crippen LogP) is 1.10. The highest BCUT2D eigenvalue weighted by atomic mass is 16.5. The van der Waals surface area contributed by atoms with Crippen molar-refractivity contribution in [2.45, 2.75) is 13.5 Å². The number of hydrogen-bond donors (Lipinski definition) is 2. The van der Waals surface area contributed by atoms with Crippen LogP contribution in [0.3, 0.4) is 0 Å². The fraction of sp³-hybridized carbons (Fsp3) is 0.500. The van der Waals surface area contributed by atoms with E-state index in [9.17, 15) is 4.79 Å². The van der Waals surface area contributed by atoms with Crippen LogP contribution in [0, 0.1) is 0 Å². The lowest BCUT2D eigenvalue weighted by Crippen LogP contribution is -2.20. The summed E-state index contributed by atoms with van der Waals surface area (Å²) in [6, 6.07) is 1.65. The van der Waals surface area contributed by atoms with E-state index >= 15 is 0 Å². The lowest BCUT2D eigenvalue weighted by atomic mass is 10.2. The maximum atomic E-state index is 10.7. The second-order valence-electron chi connectivity index (χ2n) is 2.95. The van der Waals surface area contributed by atoms with Crippen molar-refractivity contribution >= 4 is 5.97 Å². The van der Waals surface area contributed by atoms with Crippen LogP contribution in [0.2, 0.25) is 0 Å². The number of nitrogens with one attached hydrogen (secondary N) is 1. The van der Waals surface area contributed by atoms with Crippen LogP contribution in [0.25, 0.3) is 0 Å². The summed E-state index contributed by atoms with van der Waals surface area (Å²) in [6.45, 7) is 4.41. The van der Waals surface area contributed by atoms with Gasteiger partial charge in [-0.15, -0.1) is 0 Å². The molecule has 5 heteroatoms. The Bertz CT molecular complexity index is 308. The molecule has 0 atom stereocenters. The van der Waals surface area contributed by atoms with Gasteiger partial charge in [0.1, 0.15) is 0 Å². The van der Waals surface area contributed by atoms with Crippen molar-refractivity contribution in [1.82, 2.24) is 5.32 Å². The van der Waals surface area contributed by atoms with Crippen molar-refractivity contribution in [1.29, 1.82) is 0 Å². The standard InChI is InChI=1S/C10H15NO4/c1-2-14-6-4-11-7-8-3-5-15-9(8)10(12)13/h3,5,11H,2,4,6-7H2,1H3,(H,12,13). The molecule has 0 fully saturated rings. The van der Waals surface area contributed by atoms with Gasteiger partial charge in [-0.3, -0.25) is 0 Å². The van der Waals surface area contributed by atoms with E-state index < -0.39 is 5.97 Å². The highest BCUT2D eigenvalue weighted by molar-refractivity contribution is 5.86. The third kappa shape index (κ3) is 3.73. The number of aromatic carboxylic acids is 1.